The van der Waals surface area contributed by atoms with Crippen molar-refractivity contribution in [3.8, 4) is 11.8 Å². The zero-order valence-electron chi connectivity index (χ0n) is 22.5. The van der Waals surface area contributed by atoms with Gasteiger partial charge in [0.15, 0.2) is 0 Å². The lowest BCUT2D eigenvalue weighted by molar-refractivity contribution is -0.126. The number of rotatable bonds is 6. The van der Waals surface area contributed by atoms with Gasteiger partial charge in [0.2, 0.25) is 11.8 Å². The number of pyridine rings is 1. The lowest BCUT2D eigenvalue weighted by Gasteiger charge is -2.34. The Bertz CT molecular complexity index is 1150. The molecule has 0 saturated heterocycles. The molecule has 0 spiro atoms. The minimum atomic E-state index is -1.24. The largest absolute Gasteiger partial charge is 0.378 e. The van der Waals surface area contributed by atoms with Crippen LogP contribution in [-0.2, 0) is 15.0 Å². The van der Waals surface area contributed by atoms with E-state index in [-0.39, 0.29) is 23.2 Å². The van der Waals surface area contributed by atoms with Crippen molar-refractivity contribution in [2.75, 3.05) is 10.8 Å². The van der Waals surface area contributed by atoms with Crippen LogP contribution in [0.2, 0.25) is 0 Å². The van der Waals surface area contributed by atoms with Crippen LogP contribution in [0.1, 0.15) is 89.5 Å². The number of alkyl halides is 1. The van der Waals surface area contributed by atoms with E-state index < -0.39 is 17.6 Å². The molecule has 1 fully saturated rings. The van der Waals surface area contributed by atoms with Crippen molar-refractivity contribution in [2.45, 2.75) is 89.8 Å². The summed E-state index contributed by atoms with van der Waals surface area (Å²) >= 11 is 6.12. The molecule has 0 aliphatic heterocycles. The summed E-state index contributed by atoms with van der Waals surface area (Å²) in [5.41, 5.74) is 1.17. The van der Waals surface area contributed by atoms with Crippen molar-refractivity contribution >= 4 is 29.1 Å². The van der Waals surface area contributed by atoms with Crippen LogP contribution in [0.3, 0.4) is 0 Å². The normalized spacial score (nSPS) is 15.3. The summed E-state index contributed by atoms with van der Waals surface area (Å²) in [5, 5.41) is 13.5. The summed E-state index contributed by atoms with van der Waals surface area (Å²) in [5.74, 6) is 4.91. The zero-order chi connectivity index (χ0) is 27.2. The van der Waals surface area contributed by atoms with E-state index in [2.05, 4.69) is 42.9 Å². The molecule has 1 aromatic carbocycles. The summed E-state index contributed by atoms with van der Waals surface area (Å²) in [6, 6.07) is 8.29. The fraction of sp³-hybridized carbons (Fsp3) is 0.500. The minimum absolute atomic E-state index is 0.0612. The smallest absolute Gasteiger partial charge is 0.248 e. The molecule has 2 amide bonds. The van der Waals surface area contributed by atoms with Gasteiger partial charge in [-0.2, -0.15) is 0 Å². The first kappa shape index (κ1) is 28.7. The quantitative estimate of drug-likeness (QED) is 0.399. The Hall–Kier alpha value is -2.88. The molecule has 198 valence electrons. The summed E-state index contributed by atoms with van der Waals surface area (Å²) in [7, 11) is 0. The number of benzene rings is 1. The average molecular weight is 524 g/mol. The summed E-state index contributed by atoms with van der Waals surface area (Å²) < 4.78 is 0. The maximum absolute atomic E-state index is 13.8. The van der Waals surface area contributed by atoms with Gasteiger partial charge < -0.3 is 10.4 Å². The van der Waals surface area contributed by atoms with E-state index in [0.717, 1.165) is 31.2 Å². The van der Waals surface area contributed by atoms with E-state index in [1.54, 1.807) is 38.4 Å². The molecule has 1 saturated carbocycles. The lowest BCUT2D eigenvalue weighted by atomic mass is 9.85. The summed E-state index contributed by atoms with van der Waals surface area (Å²) in [4.78, 5) is 33.0. The highest BCUT2D eigenvalue weighted by atomic mass is 35.5. The van der Waals surface area contributed by atoms with E-state index >= 15 is 0 Å². The topological polar surface area (TPSA) is 82.5 Å². The molecule has 0 radical (unpaired) electrons. The van der Waals surface area contributed by atoms with Crippen molar-refractivity contribution in [2.24, 2.45) is 0 Å². The van der Waals surface area contributed by atoms with Crippen molar-refractivity contribution in [1.29, 1.82) is 0 Å². The van der Waals surface area contributed by atoms with Gasteiger partial charge in [-0.3, -0.25) is 19.5 Å². The van der Waals surface area contributed by atoms with Gasteiger partial charge in [-0.15, -0.1) is 11.6 Å². The van der Waals surface area contributed by atoms with E-state index in [4.69, 9.17) is 11.6 Å². The van der Waals surface area contributed by atoms with E-state index in [1.807, 2.05) is 18.2 Å². The average Bonchev–Trinajstić information content (AvgIpc) is 2.85. The van der Waals surface area contributed by atoms with Crippen LogP contribution >= 0.6 is 11.6 Å². The number of nitrogens with zero attached hydrogens (tertiary/aromatic N) is 2. The molecule has 3 rings (SSSR count). The maximum atomic E-state index is 13.8. The third-order valence-corrected chi connectivity index (χ3v) is 6.70. The molecule has 1 unspecified atom stereocenters. The zero-order valence-corrected chi connectivity index (χ0v) is 23.2. The maximum Gasteiger partial charge on any atom is 0.248 e. The van der Waals surface area contributed by atoms with Crippen molar-refractivity contribution in [3.05, 3.63) is 59.4 Å². The first-order chi connectivity index (χ1) is 17.4. The van der Waals surface area contributed by atoms with Crippen molar-refractivity contribution in [1.82, 2.24) is 10.3 Å². The molecular weight excluding hydrogens is 486 g/mol. The van der Waals surface area contributed by atoms with Crippen LogP contribution in [0.4, 0.5) is 5.69 Å². The Morgan fingerprint density at radius 1 is 1.16 bits per heavy atom. The van der Waals surface area contributed by atoms with E-state index in [1.165, 1.54) is 11.3 Å². The fourth-order valence-corrected chi connectivity index (χ4v) is 4.63. The molecule has 1 heterocycles. The third-order valence-electron chi connectivity index (χ3n) is 6.47. The number of hydrogen-bond donors (Lipinski definition) is 2. The van der Waals surface area contributed by atoms with Gasteiger partial charge in [0.25, 0.3) is 0 Å². The van der Waals surface area contributed by atoms with E-state index in [9.17, 15) is 14.7 Å². The van der Waals surface area contributed by atoms with Crippen LogP contribution in [-0.4, -0.2) is 39.4 Å². The molecule has 0 bridgehead atoms. The lowest BCUT2D eigenvalue weighted by Crippen LogP contribution is -2.48. The summed E-state index contributed by atoms with van der Waals surface area (Å²) in [6.07, 6.45) is 8.36. The number of nitrogens with one attached hydrogen (secondary N) is 1. The Labute approximate surface area is 225 Å². The Kier molecular flexibility index (Phi) is 9.39. The molecule has 2 N–H and O–H groups in total. The Morgan fingerprint density at radius 2 is 1.86 bits per heavy atom. The van der Waals surface area contributed by atoms with Crippen molar-refractivity contribution in [3.63, 3.8) is 0 Å². The van der Waals surface area contributed by atoms with Gasteiger partial charge in [0, 0.05) is 29.6 Å². The number of anilines is 1. The second-order valence-electron chi connectivity index (χ2n) is 11.2. The standard InChI is InChI=1S/C30H38ClN3O3/c1-29(2,3)23-13-14-25(21(18-23)15-16-30(4,5)37)34(26(35)19-31)27(22-10-9-17-32-20-22)28(36)33-24-11-7-6-8-12-24/h9-10,13-14,17-18,20,24,27,37H,6-8,11-12,19H2,1-5H3,(H,33,36). The molecule has 1 aliphatic rings. The van der Waals surface area contributed by atoms with Gasteiger partial charge in [-0.25, -0.2) is 0 Å². The first-order valence-corrected chi connectivity index (χ1v) is 13.4. The highest BCUT2D eigenvalue weighted by Gasteiger charge is 2.35. The number of carbonyl (C=O) groups is 2. The van der Waals surface area contributed by atoms with Crippen molar-refractivity contribution < 1.29 is 14.7 Å². The van der Waals surface area contributed by atoms with Gasteiger partial charge >= 0.3 is 0 Å². The number of aromatic nitrogens is 1. The van der Waals surface area contributed by atoms with Gasteiger partial charge in [0.1, 0.15) is 17.5 Å². The number of hydrogen-bond acceptors (Lipinski definition) is 4. The highest BCUT2D eigenvalue weighted by Crippen LogP contribution is 2.34. The predicted molar refractivity (Wildman–Crippen MR) is 149 cm³/mol. The minimum Gasteiger partial charge on any atom is -0.378 e. The molecule has 1 aromatic heterocycles. The predicted octanol–water partition coefficient (Wildman–Crippen LogP) is 5.26. The molecule has 7 heteroatoms. The van der Waals surface area contributed by atoms with Gasteiger partial charge in [-0.1, -0.05) is 64.0 Å². The monoisotopic (exact) mass is 523 g/mol. The molecule has 2 aromatic rings. The van der Waals surface area contributed by atoms with Crippen LogP contribution in [0.5, 0.6) is 0 Å². The SMILES string of the molecule is CC(C)(O)C#Cc1cc(C(C)(C)C)ccc1N(C(=O)CCl)C(C(=O)NC1CCCCC1)c1cccnc1. The van der Waals surface area contributed by atoms with Crippen LogP contribution < -0.4 is 10.2 Å². The number of aliphatic hydroxyl groups is 1. The first-order valence-electron chi connectivity index (χ1n) is 12.9. The third kappa shape index (κ3) is 7.80. The second kappa shape index (κ2) is 12.1. The molecular formula is C30H38ClN3O3. The van der Waals surface area contributed by atoms with Gasteiger partial charge in [-0.05, 0) is 55.9 Å². The molecule has 6 nitrogen and oxygen atoms in total. The summed E-state index contributed by atoms with van der Waals surface area (Å²) in [6.45, 7) is 9.48. The fourth-order valence-electron chi connectivity index (χ4n) is 4.50. The van der Waals surface area contributed by atoms with Crippen LogP contribution in [0.25, 0.3) is 0 Å². The molecule has 1 aliphatic carbocycles. The number of amides is 2. The van der Waals surface area contributed by atoms with Crippen LogP contribution in [0.15, 0.2) is 42.7 Å². The van der Waals surface area contributed by atoms with Crippen LogP contribution in [0, 0.1) is 11.8 Å². The Balaban J connectivity index is 2.19. The number of carbonyl (C=O) groups excluding carboxylic acids is 2. The second-order valence-corrected chi connectivity index (χ2v) is 11.5. The van der Waals surface area contributed by atoms with E-state index in [0.29, 0.717) is 16.8 Å². The molecule has 37 heavy (non-hydrogen) atoms. The number of halogens is 1. The highest BCUT2D eigenvalue weighted by molar-refractivity contribution is 6.30. The molecule has 1 atom stereocenters. The van der Waals surface area contributed by atoms with Gasteiger partial charge in [0.05, 0.1) is 5.69 Å². The Morgan fingerprint density at radius 3 is 2.43 bits per heavy atom.